The summed E-state index contributed by atoms with van der Waals surface area (Å²) in [6, 6.07) is 0. The summed E-state index contributed by atoms with van der Waals surface area (Å²) >= 11 is 1.52. The third kappa shape index (κ3) is 4.73. The van der Waals surface area contributed by atoms with Crippen molar-refractivity contribution in [1.29, 1.82) is 0 Å². The first-order valence-electron chi connectivity index (χ1n) is 5.85. The Morgan fingerprint density at radius 2 is 2.24 bits per heavy atom. The van der Waals surface area contributed by atoms with Gasteiger partial charge in [0.25, 0.3) is 0 Å². The highest BCUT2D eigenvalue weighted by Crippen LogP contribution is 2.22. The minimum absolute atomic E-state index is 0.0268. The molecule has 5 heteroatoms. The van der Waals surface area contributed by atoms with Crippen LogP contribution >= 0.6 is 11.3 Å². The predicted octanol–water partition coefficient (Wildman–Crippen LogP) is 2.85. The van der Waals surface area contributed by atoms with Gasteiger partial charge in [0.15, 0.2) is 5.13 Å². The van der Waals surface area contributed by atoms with Gasteiger partial charge in [-0.3, -0.25) is 4.79 Å². The van der Waals surface area contributed by atoms with E-state index in [0.717, 1.165) is 17.2 Å². The number of aromatic nitrogens is 1. The summed E-state index contributed by atoms with van der Waals surface area (Å²) < 4.78 is 4.88. The first kappa shape index (κ1) is 14.0. The zero-order valence-corrected chi connectivity index (χ0v) is 11.7. The molecule has 0 aromatic carbocycles. The van der Waals surface area contributed by atoms with Crippen molar-refractivity contribution in [2.45, 2.75) is 46.1 Å². The Morgan fingerprint density at radius 1 is 1.53 bits per heavy atom. The number of hydrogen-bond acceptors (Lipinski definition) is 5. The van der Waals surface area contributed by atoms with Gasteiger partial charge in [-0.1, -0.05) is 6.92 Å². The molecule has 0 unspecified atom stereocenters. The molecule has 1 aromatic rings. The molecule has 0 fully saturated rings. The first-order valence-corrected chi connectivity index (χ1v) is 6.73. The molecule has 0 amide bonds. The largest absolute Gasteiger partial charge is 0.466 e. The Morgan fingerprint density at radius 3 is 2.82 bits per heavy atom. The molecular formula is C12H20N2O2S. The number of carbonyl (C=O) groups is 1. The van der Waals surface area contributed by atoms with Crippen LogP contribution in [0, 0.1) is 0 Å². The highest BCUT2D eigenvalue weighted by molar-refractivity contribution is 7.13. The summed E-state index contributed by atoms with van der Waals surface area (Å²) in [5.41, 5.74) is 0.793. The number of rotatable bonds is 6. The Kier molecular flexibility index (Phi) is 4.93. The first-order chi connectivity index (χ1) is 7.96. The van der Waals surface area contributed by atoms with Crippen LogP contribution in [0.5, 0.6) is 0 Å². The Labute approximate surface area is 106 Å². The average molecular weight is 256 g/mol. The number of nitrogens with zero attached hydrogens (tertiary/aromatic N) is 1. The van der Waals surface area contributed by atoms with Crippen LogP contribution in [0.1, 0.15) is 39.8 Å². The predicted molar refractivity (Wildman–Crippen MR) is 70.4 cm³/mol. The number of carbonyl (C=O) groups excluding carboxylic acids is 1. The zero-order chi connectivity index (χ0) is 12.9. The van der Waals surface area contributed by atoms with Crippen LogP contribution in [0.3, 0.4) is 0 Å². The Bertz CT molecular complexity index is 374. The van der Waals surface area contributed by atoms with Crippen molar-refractivity contribution in [2.24, 2.45) is 0 Å². The quantitative estimate of drug-likeness (QED) is 0.795. The maximum Gasteiger partial charge on any atom is 0.311 e. The summed E-state index contributed by atoms with van der Waals surface area (Å²) in [5, 5.41) is 6.10. The molecule has 1 heterocycles. The summed E-state index contributed by atoms with van der Waals surface area (Å²) in [4.78, 5) is 15.7. The summed E-state index contributed by atoms with van der Waals surface area (Å²) in [6.45, 7) is 8.59. The maximum absolute atomic E-state index is 11.3. The number of ether oxygens (including phenoxy) is 1. The number of nitrogens with one attached hydrogen (secondary N) is 1. The van der Waals surface area contributed by atoms with Crippen molar-refractivity contribution in [3.05, 3.63) is 11.1 Å². The minimum Gasteiger partial charge on any atom is -0.466 e. The highest BCUT2D eigenvalue weighted by atomic mass is 32.1. The van der Waals surface area contributed by atoms with Gasteiger partial charge < -0.3 is 10.1 Å². The van der Waals surface area contributed by atoms with E-state index in [0.29, 0.717) is 6.61 Å². The van der Waals surface area contributed by atoms with E-state index in [2.05, 4.69) is 31.1 Å². The molecule has 1 rings (SSSR count). The molecule has 0 saturated heterocycles. The summed E-state index contributed by atoms with van der Waals surface area (Å²) in [7, 11) is 0. The van der Waals surface area contributed by atoms with E-state index in [1.165, 1.54) is 11.3 Å². The van der Waals surface area contributed by atoms with Gasteiger partial charge in [0, 0.05) is 10.9 Å². The van der Waals surface area contributed by atoms with Crippen LogP contribution in [0.25, 0.3) is 0 Å². The molecule has 0 aliphatic carbocycles. The molecule has 0 bridgehead atoms. The van der Waals surface area contributed by atoms with Crippen molar-refractivity contribution in [2.75, 3.05) is 11.9 Å². The molecule has 0 radical (unpaired) electrons. The molecule has 0 saturated carbocycles. The second-order valence-corrected chi connectivity index (χ2v) is 5.35. The fourth-order valence-corrected chi connectivity index (χ4v) is 2.07. The standard InChI is InChI=1S/C12H20N2O2S/c1-5-12(3,4)14-11-13-9(8-17-11)7-10(15)16-6-2/h8H,5-7H2,1-4H3,(H,13,14). The lowest BCUT2D eigenvalue weighted by Crippen LogP contribution is -2.29. The number of hydrogen-bond donors (Lipinski definition) is 1. The minimum atomic E-state index is -0.223. The van der Waals surface area contributed by atoms with Crippen molar-refractivity contribution in [1.82, 2.24) is 4.98 Å². The fourth-order valence-electron chi connectivity index (χ4n) is 1.18. The molecule has 4 nitrogen and oxygen atoms in total. The zero-order valence-electron chi connectivity index (χ0n) is 10.9. The molecule has 96 valence electrons. The van der Waals surface area contributed by atoms with E-state index in [4.69, 9.17) is 4.74 Å². The van der Waals surface area contributed by atoms with Crippen LogP contribution in [0.4, 0.5) is 5.13 Å². The molecule has 1 N–H and O–H groups in total. The molecule has 0 aliphatic heterocycles. The summed E-state index contributed by atoms with van der Waals surface area (Å²) in [6.07, 6.45) is 1.26. The van der Waals surface area contributed by atoms with E-state index in [1.807, 2.05) is 5.38 Å². The third-order valence-electron chi connectivity index (χ3n) is 2.51. The van der Waals surface area contributed by atoms with Crippen LogP contribution in [0.15, 0.2) is 5.38 Å². The van der Waals surface area contributed by atoms with E-state index in [9.17, 15) is 4.79 Å². The van der Waals surface area contributed by atoms with E-state index >= 15 is 0 Å². The van der Waals surface area contributed by atoms with Gasteiger partial charge in [-0.2, -0.15) is 0 Å². The SMILES string of the molecule is CCOC(=O)Cc1csc(NC(C)(C)CC)n1. The maximum atomic E-state index is 11.3. The highest BCUT2D eigenvalue weighted by Gasteiger charge is 2.16. The van der Waals surface area contributed by atoms with Gasteiger partial charge in [0.1, 0.15) is 0 Å². The lowest BCUT2D eigenvalue weighted by molar-refractivity contribution is -0.142. The molecule has 0 atom stereocenters. The number of esters is 1. The number of thiazole rings is 1. The third-order valence-corrected chi connectivity index (χ3v) is 3.32. The molecular weight excluding hydrogens is 236 g/mol. The van der Waals surface area contributed by atoms with Gasteiger partial charge in [-0.15, -0.1) is 11.3 Å². The van der Waals surface area contributed by atoms with E-state index in [1.54, 1.807) is 6.92 Å². The normalized spacial score (nSPS) is 11.3. The van der Waals surface area contributed by atoms with Crippen LogP contribution in [-0.4, -0.2) is 23.1 Å². The lowest BCUT2D eigenvalue weighted by atomic mass is 10.0. The average Bonchev–Trinajstić information content (AvgIpc) is 2.65. The van der Waals surface area contributed by atoms with Gasteiger partial charge in [-0.25, -0.2) is 4.98 Å². The van der Waals surface area contributed by atoms with Crippen LogP contribution in [-0.2, 0) is 16.0 Å². The topological polar surface area (TPSA) is 51.2 Å². The fraction of sp³-hybridized carbons (Fsp3) is 0.667. The van der Waals surface area contributed by atoms with E-state index < -0.39 is 0 Å². The lowest BCUT2D eigenvalue weighted by Gasteiger charge is -2.23. The molecule has 1 aromatic heterocycles. The number of anilines is 1. The van der Waals surface area contributed by atoms with Gasteiger partial charge in [0.05, 0.1) is 18.7 Å². The molecule has 0 aliphatic rings. The van der Waals surface area contributed by atoms with Gasteiger partial charge in [0.2, 0.25) is 0 Å². The van der Waals surface area contributed by atoms with Gasteiger partial charge in [-0.05, 0) is 27.2 Å². The van der Waals surface area contributed by atoms with Crippen LogP contribution in [0.2, 0.25) is 0 Å². The monoisotopic (exact) mass is 256 g/mol. The van der Waals surface area contributed by atoms with Crippen LogP contribution < -0.4 is 5.32 Å². The smallest absolute Gasteiger partial charge is 0.311 e. The van der Waals surface area contributed by atoms with Crippen molar-refractivity contribution < 1.29 is 9.53 Å². The summed E-state index contributed by atoms with van der Waals surface area (Å²) in [5.74, 6) is -0.223. The Balaban J connectivity index is 2.56. The molecule has 0 spiro atoms. The van der Waals surface area contributed by atoms with Crippen molar-refractivity contribution >= 4 is 22.4 Å². The van der Waals surface area contributed by atoms with Gasteiger partial charge >= 0.3 is 5.97 Å². The Hall–Kier alpha value is -1.10. The second-order valence-electron chi connectivity index (χ2n) is 4.49. The molecule has 17 heavy (non-hydrogen) atoms. The van der Waals surface area contributed by atoms with Crippen molar-refractivity contribution in [3.8, 4) is 0 Å². The van der Waals surface area contributed by atoms with E-state index in [-0.39, 0.29) is 17.9 Å². The second kappa shape index (κ2) is 6.00. The van der Waals surface area contributed by atoms with Crippen molar-refractivity contribution in [3.63, 3.8) is 0 Å².